The van der Waals surface area contributed by atoms with Crippen LogP contribution in [0.25, 0.3) is 0 Å². The smallest absolute Gasteiger partial charge is 0.462 e. The van der Waals surface area contributed by atoms with Gasteiger partial charge < -0.3 is 20.1 Å². The Kier molecular flexibility index (Phi) is 23.8. The standard InChI is InChI=1S/C27H50NO8P/c1-3-5-6-7-8-9-10-11-12-13-14-15-16-17-18-19-20-27(30)36-25(23-33-26(29)4-2)24-35-37(31,32)34-22-21-28/h9-10,12-13,25H,3-8,11,14-24,28H2,1-2H3,(H,31,32)/b10-9-,13-12-. The molecule has 9 nitrogen and oxygen atoms in total. The molecule has 0 saturated heterocycles. The van der Waals surface area contributed by atoms with Gasteiger partial charge in [0.05, 0.1) is 13.2 Å². The van der Waals surface area contributed by atoms with Crippen LogP contribution in [0.15, 0.2) is 24.3 Å². The highest BCUT2D eigenvalue weighted by Crippen LogP contribution is 2.43. The number of nitrogens with two attached hydrogens (primary N) is 1. The molecule has 0 aromatic carbocycles. The highest BCUT2D eigenvalue weighted by atomic mass is 31.2. The van der Waals surface area contributed by atoms with Crippen molar-refractivity contribution >= 4 is 19.8 Å². The van der Waals surface area contributed by atoms with Crippen LogP contribution in [-0.4, -0.2) is 49.3 Å². The predicted octanol–water partition coefficient (Wildman–Crippen LogP) is 6.15. The van der Waals surface area contributed by atoms with E-state index in [-0.39, 0.29) is 32.6 Å². The molecule has 0 bridgehead atoms. The van der Waals surface area contributed by atoms with Gasteiger partial charge in [0.1, 0.15) is 6.61 Å². The van der Waals surface area contributed by atoms with E-state index in [1.807, 2.05) is 0 Å². The molecule has 2 atom stereocenters. The van der Waals surface area contributed by atoms with Crippen LogP contribution in [0.4, 0.5) is 0 Å². The molecule has 0 saturated carbocycles. The number of carbonyl (C=O) groups excluding carboxylic acids is 2. The largest absolute Gasteiger partial charge is 0.472 e. The third-order valence-corrected chi connectivity index (χ3v) is 6.38. The van der Waals surface area contributed by atoms with Gasteiger partial charge in [-0.3, -0.25) is 18.6 Å². The molecular weight excluding hydrogens is 497 g/mol. The second-order valence-corrected chi connectivity index (χ2v) is 10.3. The van der Waals surface area contributed by atoms with Crippen molar-refractivity contribution in [2.24, 2.45) is 5.73 Å². The summed E-state index contributed by atoms with van der Waals surface area (Å²) in [4.78, 5) is 33.2. The van der Waals surface area contributed by atoms with Gasteiger partial charge in [-0.15, -0.1) is 0 Å². The number of hydrogen-bond acceptors (Lipinski definition) is 8. The first-order chi connectivity index (χ1) is 17.8. The van der Waals surface area contributed by atoms with Crippen LogP contribution in [0.5, 0.6) is 0 Å². The number of rotatable bonds is 25. The van der Waals surface area contributed by atoms with Crippen LogP contribution in [0.3, 0.4) is 0 Å². The van der Waals surface area contributed by atoms with Gasteiger partial charge in [0.2, 0.25) is 0 Å². The Bertz CT molecular complexity index is 683. The fraction of sp³-hybridized carbons (Fsp3) is 0.778. The van der Waals surface area contributed by atoms with Crippen LogP contribution < -0.4 is 5.73 Å². The second-order valence-electron chi connectivity index (χ2n) is 8.87. The molecule has 37 heavy (non-hydrogen) atoms. The van der Waals surface area contributed by atoms with Crippen molar-refractivity contribution < 1.29 is 37.6 Å². The van der Waals surface area contributed by atoms with E-state index in [0.717, 1.165) is 38.5 Å². The van der Waals surface area contributed by atoms with Crippen molar-refractivity contribution in [3.8, 4) is 0 Å². The summed E-state index contributed by atoms with van der Waals surface area (Å²) in [5.41, 5.74) is 5.24. The number of phosphoric acid groups is 1. The molecule has 3 N–H and O–H groups in total. The van der Waals surface area contributed by atoms with Gasteiger partial charge >= 0.3 is 19.8 Å². The Morgan fingerprint density at radius 3 is 2.08 bits per heavy atom. The maximum absolute atomic E-state index is 12.2. The summed E-state index contributed by atoms with van der Waals surface area (Å²) in [6.07, 6.45) is 21.6. The summed E-state index contributed by atoms with van der Waals surface area (Å²) in [7, 11) is -4.34. The predicted molar refractivity (Wildman–Crippen MR) is 146 cm³/mol. The van der Waals surface area contributed by atoms with Crippen LogP contribution >= 0.6 is 7.82 Å². The summed E-state index contributed by atoms with van der Waals surface area (Å²) in [6.45, 7) is 3.05. The molecule has 0 heterocycles. The van der Waals surface area contributed by atoms with E-state index in [2.05, 4.69) is 35.8 Å². The Morgan fingerprint density at radius 1 is 0.838 bits per heavy atom. The molecule has 10 heteroatoms. The molecule has 0 aliphatic heterocycles. The van der Waals surface area contributed by atoms with Gasteiger partial charge in [-0.05, 0) is 38.5 Å². The Labute approximate surface area is 223 Å². The maximum atomic E-state index is 12.2. The fourth-order valence-corrected chi connectivity index (χ4v) is 4.05. The normalized spacial score (nSPS) is 14.2. The third-order valence-electron chi connectivity index (χ3n) is 5.39. The Balaban J connectivity index is 4.02. The first-order valence-corrected chi connectivity index (χ1v) is 15.3. The lowest BCUT2D eigenvalue weighted by atomic mass is 10.1. The topological polar surface area (TPSA) is 134 Å². The monoisotopic (exact) mass is 547 g/mol. The highest BCUT2D eigenvalue weighted by molar-refractivity contribution is 7.47. The van der Waals surface area contributed by atoms with Crippen molar-refractivity contribution in [3.63, 3.8) is 0 Å². The average molecular weight is 548 g/mol. The van der Waals surface area contributed by atoms with E-state index in [1.54, 1.807) is 6.92 Å². The van der Waals surface area contributed by atoms with Crippen LogP contribution in [0.2, 0.25) is 0 Å². The molecule has 216 valence electrons. The zero-order valence-electron chi connectivity index (χ0n) is 22.9. The van der Waals surface area contributed by atoms with Crippen molar-refractivity contribution in [1.82, 2.24) is 0 Å². The quantitative estimate of drug-likeness (QED) is 0.0597. The molecule has 0 aromatic heterocycles. The zero-order chi connectivity index (χ0) is 27.6. The maximum Gasteiger partial charge on any atom is 0.472 e. The number of ether oxygens (including phenoxy) is 2. The SMILES string of the molecule is CCCCCC/C=C\C/C=C\CCCCCCCC(=O)OC(COC(=O)CC)COP(=O)(O)OCCN. The number of allylic oxidation sites excluding steroid dienone is 4. The van der Waals surface area contributed by atoms with Gasteiger partial charge in [0.25, 0.3) is 0 Å². The lowest BCUT2D eigenvalue weighted by molar-refractivity contribution is -0.161. The molecule has 0 aliphatic carbocycles. The minimum absolute atomic E-state index is 0.0496. The van der Waals surface area contributed by atoms with Crippen molar-refractivity contribution in [2.45, 2.75) is 110 Å². The Morgan fingerprint density at radius 2 is 1.46 bits per heavy atom. The van der Waals surface area contributed by atoms with Gasteiger partial charge in [-0.1, -0.05) is 76.7 Å². The van der Waals surface area contributed by atoms with Crippen LogP contribution in [0.1, 0.15) is 104 Å². The van der Waals surface area contributed by atoms with E-state index in [4.69, 9.17) is 19.7 Å². The summed E-state index contributed by atoms with van der Waals surface area (Å²) in [5.74, 6) is -0.949. The van der Waals surface area contributed by atoms with Gasteiger partial charge in [0.15, 0.2) is 6.10 Å². The molecule has 2 unspecified atom stereocenters. The number of esters is 2. The van der Waals surface area contributed by atoms with E-state index >= 15 is 0 Å². The summed E-state index contributed by atoms with van der Waals surface area (Å²) < 4.78 is 31.6. The number of hydrogen-bond donors (Lipinski definition) is 2. The van der Waals surface area contributed by atoms with E-state index in [1.165, 1.54) is 32.1 Å². The minimum atomic E-state index is -4.34. The van der Waals surface area contributed by atoms with Crippen molar-refractivity contribution in [1.29, 1.82) is 0 Å². The first kappa shape index (κ1) is 35.5. The lowest BCUT2D eigenvalue weighted by Crippen LogP contribution is -2.29. The molecule has 0 fully saturated rings. The molecule has 0 radical (unpaired) electrons. The minimum Gasteiger partial charge on any atom is -0.462 e. The lowest BCUT2D eigenvalue weighted by Gasteiger charge is -2.19. The average Bonchev–Trinajstić information content (AvgIpc) is 2.88. The number of carbonyl (C=O) groups is 2. The van der Waals surface area contributed by atoms with Gasteiger partial charge in [0, 0.05) is 19.4 Å². The summed E-state index contributed by atoms with van der Waals surface area (Å²) in [5, 5.41) is 0. The summed E-state index contributed by atoms with van der Waals surface area (Å²) >= 11 is 0. The first-order valence-electron chi connectivity index (χ1n) is 13.8. The van der Waals surface area contributed by atoms with Crippen molar-refractivity contribution in [2.75, 3.05) is 26.4 Å². The van der Waals surface area contributed by atoms with E-state index in [9.17, 15) is 19.0 Å². The van der Waals surface area contributed by atoms with E-state index < -0.39 is 32.5 Å². The molecule has 0 spiro atoms. The fourth-order valence-electron chi connectivity index (χ4n) is 3.29. The third kappa shape index (κ3) is 24.6. The molecular formula is C27H50NO8P. The molecule has 0 aliphatic rings. The van der Waals surface area contributed by atoms with Gasteiger partial charge in [-0.2, -0.15) is 0 Å². The highest BCUT2D eigenvalue weighted by Gasteiger charge is 2.25. The molecule has 0 amide bonds. The summed E-state index contributed by atoms with van der Waals surface area (Å²) in [6, 6.07) is 0. The number of unbranched alkanes of at least 4 members (excludes halogenated alkanes) is 9. The molecule has 0 rings (SSSR count). The van der Waals surface area contributed by atoms with Crippen molar-refractivity contribution in [3.05, 3.63) is 24.3 Å². The van der Waals surface area contributed by atoms with Crippen LogP contribution in [-0.2, 0) is 32.7 Å². The van der Waals surface area contributed by atoms with Gasteiger partial charge in [-0.25, -0.2) is 4.57 Å². The Hall–Kier alpha value is -1.51. The van der Waals surface area contributed by atoms with Crippen LogP contribution in [0, 0.1) is 0 Å². The number of phosphoric ester groups is 1. The zero-order valence-corrected chi connectivity index (χ0v) is 23.8. The second kappa shape index (κ2) is 24.8. The molecule has 0 aromatic rings. The van der Waals surface area contributed by atoms with E-state index in [0.29, 0.717) is 6.42 Å².